The summed E-state index contributed by atoms with van der Waals surface area (Å²) >= 11 is 0. The van der Waals surface area contributed by atoms with Crippen molar-refractivity contribution in [3.63, 3.8) is 0 Å². The first-order valence-electron chi connectivity index (χ1n) is 8.09. The predicted molar refractivity (Wildman–Crippen MR) is 95.4 cm³/mol. The molecule has 0 aromatic heterocycles. The van der Waals surface area contributed by atoms with E-state index in [1.807, 2.05) is 18.2 Å². The van der Waals surface area contributed by atoms with Crippen molar-refractivity contribution in [2.75, 3.05) is 37.5 Å². The highest BCUT2D eigenvalue weighted by Gasteiger charge is 2.15. The standard InChI is InChI=1S/C19H22N2O3/c1-23-16-8-5-14(6-9-16)19(22)20-17-10-7-15(13-18(17)24-2)21-11-3-4-12-21/h5-10,13H,3-4,11-12H2,1-2H3,(H,20,22). The minimum atomic E-state index is -0.176. The van der Waals surface area contributed by atoms with E-state index in [0.717, 1.165) is 24.5 Å². The van der Waals surface area contributed by atoms with E-state index in [0.29, 0.717) is 17.0 Å². The minimum absolute atomic E-state index is 0.176. The van der Waals surface area contributed by atoms with Crippen LogP contribution >= 0.6 is 0 Å². The molecule has 1 aliphatic rings. The molecule has 0 radical (unpaired) electrons. The summed E-state index contributed by atoms with van der Waals surface area (Å²) in [5, 5.41) is 2.91. The molecule has 5 nitrogen and oxygen atoms in total. The molecule has 126 valence electrons. The number of benzene rings is 2. The SMILES string of the molecule is COc1ccc(C(=O)Nc2ccc(N3CCCC3)cc2OC)cc1. The molecular formula is C19H22N2O3. The molecule has 1 heterocycles. The first kappa shape index (κ1) is 16.2. The van der Waals surface area contributed by atoms with Crippen LogP contribution < -0.4 is 19.7 Å². The smallest absolute Gasteiger partial charge is 0.255 e. The van der Waals surface area contributed by atoms with Crippen molar-refractivity contribution in [2.45, 2.75) is 12.8 Å². The van der Waals surface area contributed by atoms with Gasteiger partial charge in [-0.25, -0.2) is 0 Å². The van der Waals surface area contributed by atoms with Crippen molar-refractivity contribution in [3.8, 4) is 11.5 Å². The molecule has 3 rings (SSSR count). The molecule has 24 heavy (non-hydrogen) atoms. The van der Waals surface area contributed by atoms with Crippen LogP contribution in [-0.2, 0) is 0 Å². The number of methoxy groups -OCH3 is 2. The van der Waals surface area contributed by atoms with Crippen LogP contribution in [0.25, 0.3) is 0 Å². The van der Waals surface area contributed by atoms with E-state index >= 15 is 0 Å². The third-order valence-electron chi connectivity index (χ3n) is 4.26. The molecule has 0 saturated carbocycles. The largest absolute Gasteiger partial charge is 0.497 e. The summed E-state index contributed by atoms with van der Waals surface area (Å²) in [5.74, 6) is 1.21. The lowest BCUT2D eigenvalue weighted by atomic mass is 10.2. The number of anilines is 2. The fraction of sp³-hybridized carbons (Fsp3) is 0.316. The Morgan fingerprint density at radius 3 is 2.33 bits per heavy atom. The van der Waals surface area contributed by atoms with E-state index in [1.54, 1.807) is 38.5 Å². The Morgan fingerprint density at radius 2 is 1.71 bits per heavy atom. The number of hydrogen-bond acceptors (Lipinski definition) is 4. The van der Waals surface area contributed by atoms with Crippen LogP contribution in [0.3, 0.4) is 0 Å². The van der Waals surface area contributed by atoms with Crippen LogP contribution in [0.15, 0.2) is 42.5 Å². The van der Waals surface area contributed by atoms with Crippen molar-refractivity contribution >= 4 is 17.3 Å². The Morgan fingerprint density at radius 1 is 1.00 bits per heavy atom. The van der Waals surface area contributed by atoms with E-state index < -0.39 is 0 Å². The van der Waals surface area contributed by atoms with Gasteiger partial charge < -0.3 is 19.7 Å². The van der Waals surface area contributed by atoms with Crippen LogP contribution in [0.1, 0.15) is 23.2 Å². The second kappa shape index (κ2) is 7.25. The lowest BCUT2D eigenvalue weighted by Gasteiger charge is -2.19. The Labute approximate surface area is 142 Å². The van der Waals surface area contributed by atoms with Gasteiger partial charge in [0.1, 0.15) is 11.5 Å². The van der Waals surface area contributed by atoms with E-state index in [4.69, 9.17) is 9.47 Å². The van der Waals surface area contributed by atoms with Gasteiger partial charge in [0.2, 0.25) is 0 Å². The molecule has 1 saturated heterocycles. The maximum atomic E-state index is 12.4. The van der Waals surface area contributed by atoms with Crippen LogP contribution in [0.5, 0.6) is 11.5 Å². The Kier molecular flexibility index (Phi) is 4.89. The number of carbonyl (C=O) groups excluding carboxylic acids is 1. The molecular weight excluding hydrogens is 304 g/mol. The molecule has 0 atom stereocenters. The third kappa shape index (κ3) is 3.45. The van der Waals surface area contributed by atoms with Gasteiger partial charge in [-0.3, -0.25) is 4.79 Å². The molecule has 0 spiro atoms. The van der Waals surface area contributed by atoms with Gasteiger partial charge in [-0.15, -0.1) is 0 Å². The predicted octanol–water partition coefficient (Wildman–Crippen LogP) is 3.56. The van der Waals surface area contributed by atoms with Crippen molar-refractivity contribution in [1.82, 2.24) is 0 Å². The normalized spacial score (nSPS) is 13.7. The highest BCUT2D eigenvalue weighted by molar-refractivity contribution is 6.05. The first-order valence-corrected chi connectivity index (χ1v) is 8.09. The highest BCUT2D eigenvalue weighted by atomic mass is 16.5. The van der Waals surface area contributed by atoms with Gasteiger partial charge in [0, 0.05) is 30.4 Å². The lowest BCUT2D eigenvalue weighted by Crippen LogP contribution is -2.18. The number of rotatable bonds is 5. The maximum absolute atomic E-state index is 12.4. The highest BCUT2D eigenvalue weighted by Crippen LogP contribution is 2.31. The summed E-state index contributed by atoms with van der Waals surface area (Å²) in [7, 11) is 3.22. The van der Waals surface area contributed by atoms with Crippen molar-refractivity contribution in [2.24, 2.45) is 0 Å². The molecule has 2 aromatic rings. The summed E-state index contributed by atoms with van der Waals surface area (Å²) in [6.45, 7) is 2.14. The van der Waals surface area contributed by atoms with E-state index in [2.05, 4.69) is 10.2 Å². The summed E-state index contributed by atoms with van der Waals surface area (Å²) in [6, 6.07) is 12.9. The minimum Gasteiger partial charge on any atom is -0.497 e. The van der Waals surface area contributed by atoms with E-state index in [1.165, 1.54) is 12.8 Å². The summed E-state index contributed by atoms with van der Waals surface area (Å²) in [4.78, 5) is 14.7. The first-order chi connectivity index (χ1) is 11.7. The number of ether oxygens (including phenoxy) is 2. The molecule has 0 bridgehead atoms. The van der Waals surface area contributed by atoms with Crippen LogP contribution in [0.4, 0.5) is 11.4 Å². The van der Waals surface area contributed by atoms with Crippen LogP contribution in [0.2, 0.25) is 0 Å². The average Bonchev–Trinajstić information content (AvgIpc) is 3.16. The van der Waals surface area contributed by atoms with Crippen molar-refractivity contribution in [3.05, 3.63) is 48.0 Å². The van der Waals surface area contributed by atoms with Gasteiger partial charge >= 0.3 is 0 Å². The number of amides is 1. The number of carbonyl (C=O) groups is 1. The van der Waals surface area contributed by atoms with Crippen LogP contribution in [0, 0.1) is 0 Å². The number of hydrogen-bond donors (Lipinski definition) is 1. The zero-order valence-electron chi connectivity index (χ0n) is 14.0. The van der Waals surface area contributed by atoms with Crippen molar-refractivity contribution < 1.29 is 14.3 Å². The number of nitrogens with one attached hydrogen (secondary N) is 1. The van der Waals surface area contributed by atoms with Gasteiger partial charge in [-0.1, -0.05) is 0 Å². The Balaban J connectivity index is 1.76. The van der Waals surface area contributed by atoms with Gasteiger partial charge in [-0.2, -0.15) is 0 Å². The molecule has 1 fully saturated rings. The van der Waals surface area contributed by atoms with E-state index in [9.17, 15) is 4.79 Å². The summed E-state index contributed by atoms with van der Waals surface area (Å²) in [5.41, 5.74) is 2.37. The monoisotopic (exact) mass is 326 g/mol. The van der Waals surface area contributed by atoms with Gasteiger partial charge in [-0.05, 0) is 49.2 Å². The molecule has 5 heteroatoms. The van der Waals surface area contributed by atoms with Crippen LogP contribution in [-0.4, -0.2) is 33.2 Å². The maximum Gasteiger partial charge on any atom is 0.255 e. The molecule has 0 unspecified atom stereocenters. The number of nitrogens with zero attached hydrogens (tertiary/aromatic N) is 1. The molecule has 1 aliphatic heterocycles. The molecule has 2 aromatic carbocycles. The fourth-order valence-electron chi connectivity index (χ4n) is 2.89. The Hall–Kier alpha value is -2.69. The Bertz CT molecular complexity index is 707. The second-order valence-electron chi connectivity index (χ2n) is 5.76. The zero-order chi connectivity index (χ0) is 16.9. The fourth-order valence-corrected chi connectivity index (χ4v) is 2.89. The summed E-state index contributed by atoms with van der Waals surface area (Å²) < 4.78 is 10.6. The van der Waals surface area contributed by atoms with Gasteiger partial charge in [0.05, 0.1) is 19.9 Å². The topological polar surface area (TPSA) is 50.8 Å². The van der Waals surface area contributed by atoms with Gasteiger partial charge in [0.25, 0.3) is 5.91 Å². The lowest BCUT2D eigenvalue weighted by molar-refractivity contribution is 0.102. The second-order valence-corrected chi connectivity index (χ2v) is 5.76. The zero-order valence-corrected chi connectivity index (χ0v) is 14.0. The molecule has 1 amide bonds. The third-order valence-corrected chi connectivity index (χ3v) is 4.26. The quantitative estimate of drug-likeness (QED) is 0.913. The average molecular weight is 326 g/mol. The molecule has 1 N–H and O–H groups in total. The molecule has 0 aliphatic carbocycles. The van der Waals surface area contributed by atoms with Crippen molar-refractivity contribution in [1.29, 1.82) is 0 Å². The van der Waals surface area contributed by atoms with Gasteiger partial charge in [0.15, 0.2) is 0 Å². The van der Waals surface area contributed by atoms with E-state index in [-0.39, 0.29) is 5.91 Å². The summed E-state index contributed by atoms with van der Waals surface area (Å²) in [6.07, 6.45) is 2.44.